The molecule has 118 valence electrons. The monoisotopic (exact) mass is 324 g/mol. The molecule has 3 aromatic rings. The number of hydrogen-bond acceptors (Lipinski definition) is 2. The van der Waals surface area contributed by atoms with Crippen LogP contribution in [-0.4, -0.2) is 10.5 Å². The number of carbonyl (C=O) groups excluding carboxylic acids is 1. The lowest BCUT2D eigenvalue weighted by Crippen LogP contribution is -2.16. The Balaban J connectivity index is 2.21. The molecule has 0 saturated carbocycles. The third-order valence-electron chi connectivity index (χ3n) is 4.00. The zero-order valence-electron chi connectivity index (χ0n) is 13.9. The van der Waals surface area contributed by atoms with Crippen molar-refractivity contribution in [2.45, 2.75) is 34.2 Å². The second kappa shape index (κ2) is 6.13. The topological polar surface area (TPSA) is 34.4 Å². The molecule has 0 spiro atoms. The predicted octanol–water partition coefficient (Wildman–Crippen LogP) is 4.39. The fourth-order valence-electron chi connectivity index (χ4n) is 2.78. The minimum absolute atomic E-state index is 0.183. The van der Waals surface area contributed by atoms with Crippen LogP contribution in [0.3, 0.4) is 0 Å². The summed E-state index contributed by atoms with van der Waals surface area (Å²) in [6, 6.07) is 11.8. The van der Waals surface area contributed by atoms with Crippen LogP contribution >= 0.6 is 11.3 Å². The van der Waals surface area contributed by atoms with Gasteiger partial charge in [-0.05, 0) is 51.0 Å². The molecular formula is C19H20N2OS. The lowest BCUT2D eigenvalue weighted by atomic mass is 10.1. The van der Waals surface area contributed by atoms with Gasteiger partial charge in [0.2, 0.25) is 0 Å². The van der Waals surface area contributed by atoms with Gasteiger partial charge in [-0.15, -0.1) is 0 Å². The van der Waals surface area contributed by atoms with Gasteiger partial charge in [-0.2, -0.15) is 4.99 Å². The average molecular weight is 324 g/mol. The quantitative estimate of drug-likeness (QED) is 0.688. The smallest absolute Gasteiger partial charge is 0.279 e. The zero-order valence-corrected chi connectivity index (χ0v) is 14.7. The fraction of sp³-hybridized carbons (Fsp3) is 0.263. The van der Waals surface area contributed by atoms with Crippen LogP contribution in [0.5, 0.6) is 0 Å². The molecule has 23 heavy (non-hydrogen) atoms. The van der Waals surface area contributed by atoms with Crippen LogP contribution in [0.15, 0.2) is 41.4 Å². The summed E-state index contributed by atoms with van der Waals surface area (Å²) in [5, 5.41) is 0. The number of rotatable bonds is 2. The van der Waals surface area contributed by atoms with E-state index in [2.05, 4.69) is 42.5 Å². The molecular weight excluding hydrogens is 304 g/mol. The van der Waals surface area contributed by atoms with Gasteiger partial charge in [0.15, 0.2) is 4.80 Å². The van der Waals surface area contributed by atoms with E-state index in [0.717, 1.165) is 16.9 Å². The number of amides is 1. The summed E-state index contributed by atoms with van der Waals surface area (Å²) in [5.74, 6) is -0.183. The Morgan fingerprint density at radius 1 is 1.13 bits per heavy atom. The van der Waals surface area contributed by atoms with E-state index in [9.17, 15) is 4.79 Å². The van der Waals surface area contributed by atoms with Crippen molar-refractivity contribution in [1.82, 2.24) is 4.57 Å². The summed E-state index contributed by atoms with van der Waals surface area (Å²) in [6.45, 7) is 9.07. The summed E-state index contributed by atoms with van der Waals surface area (Å²) in [7, 11) is 0. The predicted molar refractivity (Wildman–Crippen MR) is 96.0 cm³/mol. The van der Waals surface area contributed by atoms with E-state index < -0.39 is 0 Å². The van der Waals surface area contributed by atoms with Crippen molar-refractivity contribution >= 4 is 27.5 Å². The van der Waals surface area contributed by atoms with Gasteiger partial charge in [0.1, 0.15) is 0 Å². The number of thiazole rings is 1. The van der Waals surface area contributed by atoms with Gasteiger partial charge in [0.25, 0.3) is 5.91 Å². The summed E-state index contributed by atoms with van der Waals surface area (Å²) < 4.78 is 3.35. The maximum absolute atomic E-state index is 12.5. The largest absolute Gasteiger partial charge is 0.316 e. The van der Waals surface area contributed by atoms with Crippen LogP contribution in [0, 0.1) is 20.8 Å². The molecule has 0 saturated heterocycles. The third-order valence-corrected chi connectivity index (χ3v) is 5.22. The second-order valence-electron chi connectivity index (χ2n) is 5.79. The van der Waals surface area contributed by atoms with Crippen LogP contribution in [0.1, 0.15) is 34.0 Å². The van der Waals surface area contributed by atoms with Gasteiger partial charge < -0.3 is 4.57 Å². The molecule has 0 aliphatic rings. The highest BCUT2D eigenvalue weighted by Crippen LogP contribution is 2.24. The highest BCUT2D eigenvalue weighted by molar-refractivity contribution is 7.16. The van der Waals surface area contributed by atoms with Gasteiger partial charge in [-0.3, -0.25) is 4.79 Å². The Morgan fingerprint density at radius 3 is 2.57 bits per heavy atom. The first kappa shape index (κ1) is 15.7. The third kappa shape index (κ3) is 2.86. The molecule has 3 rings (SSSR count). The molecule has 0 atom stereocenters. The highest BCUT2D eigenvalue weighted by Gasteiger charge is 2.11. The summed E-state index contributed by atoms with van der Waals surface area (Å²) in [6.07, 6.45) is 0. The van der Waals surface area contributed by atoms with E-state index >= 15 is 0 Å². The van der Waals surface area contributed by atoms with Crippen molar-refractivity contribution in [3.05, 3.63) is 63.5 Å². The first-order chi connectivity index (χ1) is 11.0. The Kier molecular flexibility index (Phi) is 4.18. The van der Waals surface area contributed by atoms with Crippen LogP contribution in [0.25, 0.3) is 10.2 Å². The molecule has 0 aliphatic carbocycles. The number of fused-ring (bicyclic) bond motifs is 1. The molecule has 1 amide bonds. The lowest BCUT2D eigenvalue weighted by molar-refractivity contribution is 0.0998. The van der Waals surface area contributed by atoms with E-state index in [1.165, 1.54) is 21.3 Å². The van der Waals surface area contributed by atoms with Gasteiger partial charge in [-0.25, -0.2) is 0 Å². The van der Waals surface area contributed by atoms with E-state index in [1.807, 2.05) is 31.2 Å². The number of nitrogens with zero attached hydrogens (tertiary/aromatic N) is 2. The van der Waals surface area contributed by atoms with Crippen LogP contribution in [0.4, 0.5) is 0 Å². The minimum Gasteiger partial charge on any atom is -0.316 e. The Bertz CT molecular complexity index is 963. The number of aromatic nitrogens is 1. The molecule has 1 heterocycles. The lowest BCUT2D eigenvalue weighted by Gasteiger charge is -2.04. The van der Waals surface area contributed by atoms with Crippen molar-refractivity contribution in [1.29, 1.82) is 0 Å². The van der Waals surface area contributed by atoms with Gasteiger partial charge >= 0.3 is 0 Å². The van der Waals surface area contributed by atoms with Crippen molar-refractivity contribution in [3.8, 4) is 0 Å². The fourth-order valence-corrected chi connectivity index (χ4v) is 4.02. The van der Waals surface area contributed by atoms with Crippen molar-refractivity contribution < 1.29 is 4.79 Å². The zero-order chi connectivity index (χ0) is 16.6. The summed E-state index contributed by atoms with van der Waals surface area (Å²) in [4.78, 5) is 17.7. The van der Waals surface area contributed by atoms with Gasteiger partial charge in [-0.1, -0.05) is 41.2 Å². The van der Waals surface area contributed by atoms with Crippen LogP contribution in [-0.2, 0) is 6.54 Å². The second-order valence-corrected chi connectivity index (χ2v) is 6.77. The molecule has 0 aliphatic heterocycles. The molecule has 0 fully saturated rings. The van der Waals surface area contributed by atoms with E-state index in [1.54, 1.807) is 11.3 Å². The van der Waals surface area contributed by atoms with E-state index in [0.29, 0.717) is 5.56 Å². The van der Waals surface area contributed by atoms with Crippen LogP contribution in [0.2, 0.25) is 0 Å². The van der Waals surface area contributed by atoms with E-state index in [4.69, 9.17) is 0 Å². The first-order valence-corrected chi connectivity index (χ1v) is 8.58. The molecule has 3 nitrogen and oxygen atoms in total. The Labute approximate surface area is 139 Å². The molecule has 0 radical (unpaired) electrons. The van der Waals surface area contributed by atoms with Crippen molar-refractivity contribution in [2.24, 2.45) is 4.99 Å². The van der Waals surface area contributed by atoms with Crippen molar-refractivity contribution in [3.63, 3.8) is 0 Å². The Morgan fingerprint density at radius 2 is 1.87 bits per heavy atom. The maximum Gasteiger partial charge on any atom is 0.279 e. The number of benzene rings is 2. The maximum atomic E-state index is 12.5. The number of carbonyl (C=O) groups is 1. The average Bonchev–Trinajstić information content (AvgIpc) is 2.90. The molecule has 4 heteroatoms. The van der Waals surface area contributed by atoms with E-state index in [-0.39, 0.29) is 5.91 Å². The van der Waals surface area contributed by atoms with Crippen molar-refractivity contribution in [2.75, 3.05) is 0 Å². The normalized spacial score (nSPS) is 12.1. The molecule has 0 bridgehead atoms. The first-order valence-electron chi connectivity index (χ1n) is 7.76. The number of hydrogen-bond donors (Lipinski definition) is 0. The Hall–Kier alpha value is -2.20. The number of aryl methyl sites for hydroxylation is 4. The summed E-state index contributed by atoms with van der Waals surface area (Å²) >= 11 is 1.59. The molecule has 0 N–H and O–H groups in total. The van der Waals surface area contributed by atoms with Gasteiger partial charge in [0, 0.05) is 12.1 Å². The molecule has 0 unspecified atom stereocenters. The van der Waals surface area contributed by atoms with Gasteiger partial charge in [0.05, 0.1) is 10.2 Å². The minimum atomic E-state index is -0.183. The highest BCUT2D eigenvalue weighted by atomic mass is 32.1. The summed E-state index contributed by atoms with van der Waals surface area (Å²) in [5.41, 5.74) is 5.33. The molecule has 2 aromatic carbocycles. The standard InChI is InChI=1S/C19H20N2OS/c1-5-21-16-13(3)9-10-14(4)17(16)23-19(21)20-18(22)15-8-6-7-12(2)11-15/h6-11H,5H2,1-4H3. The van der Waals surface area contributed by atoms with Crippen LogP contribution < -0.4 is 4.80 Å². The SMILES string of the molecule is CCn1c(=NC(=O)c2cccc(C)c2)sc2c(C)ccc(C)c21. The molecule has 1 aromatic heterocycles.